The maximum Gasteiger partial charge on any atom is 0.120 e. The van der Waals surface area contributed by atoms with Gasteiger partial charge in [-0.15, -0.1) is 0 Å². The molecule has 2 aliphatic rings. The number of rotatable bonds is 4. The smallest absolute Gasteiger partial charge is 0.120 e. The molecule has 1 atom stereocenters. The summed E-state index contributed by atoms with van der Waals surface area (Å²) in [6, 6.07) is 14.9. The second-order valence-electron chi connectivity index (χ2n) is 8.49. The van der Waals surface area contributed by atoms with Gasteiger partial charge in [0.2, 0.25) is 0 Å². The first-order valence-corrected chi connectivity index (χ1v) is 10.9. The van der Waals surface area contributed by atoms with E-state index in [0.717, 1.165) is 54.3 Å². The van der Waals surface area contributed by atoms with Gasteiger partial charge in [0, 0.05) is 42.6 Å². The molecule has 0 amide bonds. The molecule has 2 aromatic carbocycles. The van der Waals surface area contributed by atoms with E-state index in [1.807, 2.05) is 25.1 Å². The number of methoxy groups -OCH3 is 1. The van der Waals surface area contributed by atoms with E-state index in [4.69, 9.17) is 16.3 Å². The first-order valence-electron chi connectivity index (χ1n) is 10.9. The molecule has 1 unspecified atom stereocenters. The molecule has 2 aromatic rings. The van der Waals surface area contributed by atoms with Crippen molar-refractivity contribution in [1.29, 1.82) is 0 Å². The molecule has 31 heavy (non-hydrogen) atoms. The molecular formula is C25H33N5O. The Morgan fingerprint density at radius 3 is 2.71 bits per heavy atom. The van der Waals surface area contributed by atoms with E-state index in [2.05, 4.69) is 47.6 Å². The largest absolute Gasteiger partial charge is 0.497 e. The van der Waals surface area contributed by atoms with Crippen LogP contribution in [0.15, 0.2) is 54.2 Å². The molecule has 0 radical (unpaired) electrons. The van der Waals surface area contributed by atoms with Crippen LogP contribution in [0.25, 0.3) is 11.3 Å². The summed E-state index contributed by atoms with van der Waals surface area (Å²) < 4.78 is 5.41. The van der Waals surface area contributed by atoms with Gasteiger partial charge in [-0.25, -0.2) is 5.84 Å². The van der Waals surface area contributed by atoms with E-state index in [9.17, 15) is 0 Å². The van der Waals surface area contributed by atoms with Gasteiger partial charge in [-0.3, -0.25) is 0 Å². The average Bonchev–Trinajstić information content (AvgIpc) is 2.90. The number of fused-ring (bicyclic) bond motifs is 1. The number of nitrogens with two attached hydrogens (primary N) is 2. The first-order chi connectivity index (χ1) is 15.0. The van der Waals surface area contributed by atoms with E-state index >= 15 is 0 Å². The van der Waals surface area contributed by atoms with Crippen molar-refractivity contribution in [2.45, 2.75) is 25.8 Å². The van der Waals surface area contributed by atoms with Crippen molar-refractivity contribution in [1.82, 2.24) is 9.91 Å². The predicted molar refractivity (Wildman–Crippen MR) is 128 cm³/mol. The molecule has 6 nitrogen and oxygen atoms in total. The Labute approximate surface area is 185 Å². The van der Waals surface area contributed by atoms with E-state index < -0.39 is 0 Å². The summed E-state index contributed by atoms with van der Waals surface area (Å²) in [6.45, 7) is 4.70. The lowest BCUT2D eigenvalue weighted by Crippen LogP contribution is -2.31. The van der Waals surface area contributed by atoms with E-state index in [1.54, 1.807) is 12.1 Å². The minimum atomic E-state index is 0.108. The number of hydrazine groups is 1. The molecule has 0 saturated carbocycles. The predicted octanol–water partition coefficient (Wildman–Crippen LogP) is 3.79. The number of nitrogens with zero attached hydrogens (tertiary/aromatic N) is 2. The summed E-state index contributed by atoms with van der Waals surface area (Å²) in [7, 11) is 3.85. The quantitative estimate of drug-likeness (QED) is 0.655. The number of nitrogens with one attached hydrogen (secondary N) is 1. The molecule has 0 saturated heterocycles. The number of hydrogen-bond acceptors (Lipinski definition) is 6. The van der Waals surface area contributed by atoms with Crippen LogP contribution in [-0.4, -0.2) is 43.7 Å². The van der Waals surface area contributed by atoms with Gasteiger partial charge in [0.25, 0.3) is 0 Å². The van der Waals surface area contributed by atoms with E-state index in [-0.39, 0.29) is 6.04 Å². The van der Waals surface area contributed by atoms with Crippen molar-refractivity contribution in [3.05, 3.63) is 70.9 Å². The van der Waals surface area contributed by atoms with Gasteiger partial charge in [0.15, 0.2) is 0 Å². The Morgan fingerprint density at radius 1 is 1.16 bits per heavy atom. The standard InChI is InChI=1S/C25H33N5O/c1-17(26)25-22-8-7-19(18-9-12-29(2)13-10-18)15-23(22)24(11-14-30(25)27)28-20-5-4-6-21(16-20)31-3/h4-9,15-16,24,28H,10-14,26-27H2,1-3H3/b25-17-. The fourth-order valence-electron chi connectivity index (χ4n) is 4.49. The Kier molecular flexibility index (Phi) is 6.20. The summed E-state index contributed by atoms with van der Waals surface area (Å²) in [5, 5.41) is 5.50. The molecular weight excluding hydrogens is 386 g/mol. The molecule has 5 N–H and O–H groups in total. The van der Waals surface area contributed by atoms with Gasteiger partial charge in [-0.1, -0.05) is 24.3 Å². The SMILES string of the molecule is COc1cccc(NC2CCN(N)/C(=C(/C)N)c3ccc(C4=CCN(C)CC4)cc32)c1. The maximum absolute atomic E-state index is 6.42. The highest BCUT2D eigenvalue weighted by molar-refractivity contribution is 5.75. The highest BCUT2D eigenvalue weighted by Gasteiger charge is 2.26. The van der Waals surface area contributed by atoms with Gasteiger partial charge in [0.1, 0.15) is 5.75 Å². The molecule has 2 heterocycles. The first kappa shape index (κ1) is 21.3. The molecule has 0 spiro atoms. The van der Waals surface area contributed by atoms with Crippen LogP contribution < -0.4 is 21.6 Å². The van der Waals surface area contributed by atoms with Gasteiger partial charge < -0.3 is 25.7 Å². The summed E-state index contributed by atoms with van der Waals surface area (Å²) in [5.74, 6) is 7.26. The highest BCUT2D eigenvalue weighted by Crippen LogP contribution is 2.37. The zero-order valence-corrected chi connectivity index (χ0v) is 18.7. The second kappa shape index (κ2) is 9.04. The Bertz CT molecular complexity index is 1010. The van der Waals surface area contributed by atoms with Crippen molar-refractivity contribution in [2.75, 3.05) is 39.1 Å². The maximum atomic E-state index is 6.42. The lowest BCUT2D eigenvalue weighted by Gasteiger charge is -2.25. The number of benzene rings is 2. The zero-order chi connectivity index (χ0) is 22.0. The van der Waals surface area contributed by atoms with Crippen LogP contribution in [0.4, 0.5) is 5.69 Å². The highest BCUT2D eigenvalue weighted by atomic mass is 16.5. The van der Waals surface area contributed by atoms with Crippen LogP contribution in [0.3, 0.4) is 0 Å². The van der Waals surface area contributed by atoms with Crippen LogP contribution in [0.5, 0.6) is 5.75 Å². The summed E-state index contributed by atoms with van der Waals surface area (Å²) in [6.07, 6.45) is 4.26. The summed E-state index contributed by atoms with van der Waals surface area (Å²) >= 11 is 0. The van der Waals surface area contributed by atoms with Gasteiger partial charge in [-0.05, 0) is 61.7 Å². The average molecular weight is 420 g/mol. The van der Waals surface area contributed by atoms with Gasteiger partial charge >= 0.3 is 0 Å². The topological polar surface area (TPSA) is 79.8 Å². The number of ether oxygens (including phenoxy) is 1. The van der Waals surface area contributed by atoms with Crippen molar-refractivity contribution >= 4 is 17.0 Å². The molecule has 0 aliphatic carbocycles. The normalized spacial score (nSPS) is 21.1. The molecule has 0 bridgehead atoms. The van der Waals surface area contributed by atoms with Crippen LogP contribution in [-0.2, 0) is 0 Å². The van der Waals surface area contributed by atoms with Crippen molar-refractivity contribution in [3.63, 3.8) is 0 Å². The van der Waals surface area contributed by atoms with Gasteiger partial charge in [-0.2, -0.15) is 0 Å². The van der Waals surface area contributed by atoms with Crippen LogP contribution in [0, 0.1) is 0 Å². The molecule has 2 aliphatic heterocycles. The van der Waals surface area contributed by atoms with Gasteiger partial charge in [0.05, 0.1) is 18.8 Å². The zero-order valence-electron chi connectivity index (χ0n) is 18.7. The third-order valence-electron chi connectivity index (χ3n) is 6.20. The summed E-state index contributed by atoms with van der Waals surface area (Å²) in [5.41, 5.74) is 14.0. The number of allylic oxidation sites excluding steroid dienone is 1. The van der Waals surface area contributed by atoms with Crippen molar-refractivity contribution < 1.29 is 4.74 Å². The van der Waals surface area contributed by atoms with Crippen LogP contribution in [0.2, 0.25) is 0 Å². The summed E-state index contributed by atoms with van der Waals surface area (Å²) in [4.78, 5) is 2.34. The third-order valence-corrected chi connectivity index (χ3v) is 6.20. The fraction of sp³-hybridized carbons (Fsp3) is 0.360. The Hall–Kier alpha value is -2.96. The number of anilines is 1. The minimum absolute atomic E-state index is 0.108. The fourth-order valence-corrected chi connectivity index (χ4v) is 4.49. The number of hydrogen-bond donors (Lipinski definition) is 3. The lowest BCUT2D eigenvalue weighted by atomic mass is 9.90. The molecule has 164 valence electrons. The molecule has 6 heteroatoms. The monoisotopic (exact) mass is 419 g/mol. The van der Waals surface area contributed by atoms with Crippen LogP contribution in [0.1, 0.15) is 42.5 Å². The Morgan fingerprint density at radius 2 is 2.00 bits per heavy atom. The van der Waals surface area contributed by atoms with E-state index in [1.165, 1.54) is 16.7 Å². The second-order valence-corrected chi connectivity index (χ2v) is 8.49. The Balaban J connectivity index is 1.77. The minimum Gasteiger partial charge on any atom is -0.497 e. The molecule has 0 fully saturated rings. The molecule has 0 aromatic heterocycles. The van der Waals surface area contributed by atoms with Crippen molar-refractivity contribution in [2.24, 2.45) is 11.6 Å². The third kappa shape index (κ3) is 4.55. The van der Waals surface area contributed by atoms with E-state index in [0.29, 0.717) is 6.54 Å². The number of likely N-dealkylation sites (N-methyl/N-ethyl adjacent to an activating group) is 1. The molecule has 4 rings (SSSR count). The van der Waals surface area contributed by atoms with Crippen LogP contribution >= 0.6 is 0 Å². The lowest BCUT2D eigenvalue weighted by molar-refractivity contribution is 0.370. The van der Waals surface area contributed by atoms with Crippen molar-refractivity contribution in [3.8, 4) is 5.75 Å².